The Hall–Kier alpha value is -11.1. The third-order valence-electron chi connectivity index (χ3n) is 19.6. The number of halogens is 4. The molecule has 0 aliphatic carbocycles. The maximum atomic E-state index is 14.2. The lowest BCUT2D eigenvalue weighted by Crippen LogP contribution is -2.54. The molecular weight excluding hydrogens is 1680 g/mol. The summed E-state index contributed by atoms with van der Waals surface area (Å²) in [5.41, 5.74) is 4.74. The van der Waals surface area contributed by atoms with E-state index >= 15 is 0 Å². The monoisotopic (exact) mass is 1790 g/mol. The molecule has 0 spiro atoms. The first-order valence-electron chi connectivity index (χ1n) is 38.0. The minimum Gasteiger partial charge on any atom is -0.496 e. The number of imide groups is 1. The molecule has 666 valence electrons. The molecule has 35 nitrogen and oxygen atoms in total. The van der Waals surface area contributed by atoms with Crippen molar-refractivity contribution >= 4 is 103 Å². The summed E-state index contributed by atoms with van der Waals surface area (Å²) in [5, 5.41) is 18.7. The van der Waals surface area contributed by atoms with Gasteiger partial charge in [0.2, 0.25) is 5.91 Å². The fraction of sp³-hybridized carbons (Fsp3) is 0.425. The first-order chi connectivity index (χ1) is 56.9. The number of nitrogens with zero attached hydrogens (tertiary/aromatic N) is 4. The van der Waals surface area contributed by atoms with Gasteiger partial charge in [0.1, 0.15) is 59.0 Å². The van der Waals surface area contributed by atoms with Crippen LogP contribution in [-0.2, 0) is 85.2 Å². The Balaban J connectivity index is 0.000000258. The lowest BCUT2D eigenvalue weighted by molar-refractivity contribution is -0.196. The van der Waals surface area contributed by atoms with E-state index in [1.807, 2.05) is 9.44 Å². The number of hydroxylamine groups is 2. The summed E-state index contributed by atoms with van der Waals surface area (Å²) in [5.74, 6) is -4.84. The Morgan fingerprint density at radius 2 is 0.738 bits per heavy atom. The highest BCUT2D eigenvalue weighted by molar-refractivity contribution is 7.88. The number of benzene rings is 6. The molecule has 10 rings (SSSR count). The van der Waals surface area contributed by atoms with Gasteiger partial charge in [-0.25, -0.2) is 42.1 Å². The molecule has 6 aromatic carbocycles. The van der Waals surface area contributed by atoms with Crippen molar-refractivity contribution in [3.63, 3.8) is 0 Å². The van der Waals surface area contributed by atoms with Crippen molar-refractivity contribution in [1.82, 2.24) is 54.0 Å². The van der Waals surface area contributed by atoms with Gasteiger partial charge in [0.05, 0.1) is 44.6 Å². The molecule has 42 heteroatoms. The van der Waals surface area contributed by atoms with Crippen molar-refractivity contribution in [3.05, 3.63) is 196 Å². The van der Waals surface area contributed by atoms with Crippen LogP contribution in [-0.4, -0.2) is 214 Å². The SMILES string of the molecule is CC(C)(C)OC(=O)NCC(=O)ON1C(=O)CCC1=O.COc1ccccc1C(=O)NCC1(c2cccc(F)c2)CCN(S(=O)(=O)NC(=O)CN)CC1.COc1ccccc1C(=O)NCC1(c2cccc(F)c2)CCN(S(=O)(=O)NC(=O)CNC(=O)OC(C)(C)C)CC1.COc1ccccc1C(=O)NCC1(c2cccc(F)c2)CCN(S(N)(=O)=O)CC1.Cl. The lowest BCUT2D eigenvalue weighted by atomic mass is 9.73. The number of carbonyl (C=O) groups excluding carboxylic acids is 10. The maximum absolute atomic E-state index is 14.2. The zero-order chi connectivity index (χ0) is 89.3. The summed E-state index contributed by atoms with van der Waals surface area (Å²) in [7, 11) is -7.64. The van der Waals surface area contributed by atoms with Crippen LogP contribution in [0.15, 0.2) is 146 Å². The molecule has 0 atom stereocenters. The molecule has 4 aliphatic heterocycles. The summed E-state index contributed by atoms with van der Waals surface area (Å²) in [6.45, 7) is 9.50. The minimum absolute atomic E-state index is 0. The van der Waals surface area contributed by atoms with E-state index in [0.29, 0.717) is 81.4 Å². The van der Waals surface area contributed by atoms with Gasteiger partial charge in [0, 0.05) is 88.0 Å². The molecule has 0 aromatic heterocycles. The highest BCUT2D eigenvalue weighted by atomic mass is 35.5. The van der Waals surface area contributed by atoms with Crippen molar-refractivity contribution in [1.29, 1.82) is 0 Å². The largest absolute Gasteiger partial charge is 0.496 e. The normalized spacial score (nSPS) is 15.9. The first-order valence-corrected chi connectivity index (χ1v) is 42.4. The quantitative estimate of drug-likeness (QED) is 0.0292. The second-order valence-electron chi connectivity index (χ2n) is 30.3. The fourth-order valence-corrected chi connectivity index (χ4v) is 16.4. The van der Waals surface area contributed by atoms with E-state index in [0.717, 1.165) is 8.61 Å². The predicted molar refractivity (Wildman–Crippen MR) is 442 cm³/mol. The molecule has 6 aromatic rings. The number of carbonyl (C=O) groups is 10. The fourth-order valence-electron chi connectivity index (χ4n) is 13.4. The van der Waals surface area contributed by atoms with Gasteiger partial charge in [0.25, 0.3) is 45.7 Å². The Morgan fingerprint density at radius 3 is 1.03 bits per heavy atom. The minimum atomic E-state index is -4.23. The van der Waals surface area contributed by atoms with Crippen LogP contribution in [0.2, 0.25) is 0 Å². The number of alkyl carbamates (subject to hydrolysis) is 2. The summed E-state index contributed by atoms with van der Waals surface area (Å²) in [6.07, 6.45) is 0.300. The molecule has 4 aliphatic rings. The Kier molecular flexibility index (Phi) is 36.1. The predicted octanol–water partition coefficient (Wildman–Crippen LogP) is 5.74. The van der Waals surface area contributed by atoms with Crippen LogP contribution in [0, 0.1) is 17.5 Å². The van der Waals surface area contributed by atoms with Crippen LogP contribution in [0.5, 0.6) is 17.2 Å². The second-order valence-corrected chi connectivity index (χ2v) is 35.2. The van der Waals surface area contributed by atoms with E-state index in [2.05, 4.69) is 31.4 Å². The number of piperidine rings is 3. The number of nitrogens with two attached hydrogens (primary N) is 2. The van der Waals surface area contributed by atoms with Crippen molar-refractivity contribution in [3.8, 4) is 17.2 Å². The standard InChI is InChI=1S/C27H35FN4O7S.C22H27FN4O5S.C20H24FN3O4S.C11H16N2O6.ClH/c1-26(2,3)39-25(35)29-17-23(33)31-40(36,37)32-14-12-27(13-15-32,19-8-7-9-20(28)16-19)18-30-24(34)21-10-5-6-11-22(21)38-4;1-32-19-8-3-2-7-18(19)21(29)25-15-22(16-5-4-6-17(23)13-16)9-11-27(12-10-22)33(30,31)26-20(28)14-24;1-28-18-8-3-2-7-17(18)19(25)23-14-20(15-5-4-6-16(21)13-15)9-11-24(12-10-20)29(22,26)27;1-11(2,3)18-10(17)12-6-9(16)19-13-7(14)4-5-8(13)15;/h5-11,16H,12-15,17-18H2,1-4H3,(H,29,35)(H,30,34)(H,31,33);2-8,13H,9-12,14-15,24H2,1H3,(H,25,29)(H,26,28);2-8,13H,9-12,14H2,1H3,(H,23,25)(H2,22,26,27);4-6H2,1-3H3,(H,12,17);1H. The average Bonchev–Trinajstić information content (AvgIpc) is 0.900. The van der Waals surface area contributed by atoms with Crippen LogP contribution in [0.1, 0.15) is 141 Å². The number of ether oxygens (including phenoxy) is 5. The zero-order valence-corrected chi connectivity index (χ0v) is 72.0. The number of para-hydroxylation sites is 3. The molecule has 0 bridgehead atoms. The van der Waals surface area contributed by atoms with Gasteiger partial charge >= 0.3 is 38.6 Å². The smallest absolute Gasteiger partial charge is 0.408 e. The van der Waals surface area contributed by atoms with Gasteiger partial charge in [0.15, 0.2) is 0 Å². The van der Waals surface area contributed by atoms with E-state index in [4.69, 9.17) is 34.6 Å². The molecule has 4 fully saturated rings. The van der Waals surface area contributed by atoms with Crippen molar-refractivity contribution in [2.45, 2.75) is 120 Å². The highest BCUT2D eigenvalue weighted by Crippen LogP contribution is 2.40. The van der Waals surface area contributed by atoms with Gasteiger partial charge in [-0.15, -0.1) is 17.5 Å². The van der Waals surface area contributed by atoms with Gasteiger partial charge in [-0.1, -0.05) is 72.8 Å². The molecule has 0 saturated carbocycles. The number of methoxy groups -OCH3 is 3. The van der Waals surface area contributed by atoms with E-state index < -0.39 is 131 Å². The molecule has 4 saturated heterocycles. The molecule has 122 heavy (non-hydrogen) atoms. The topological polar surface area (TPSA) is 478 Å². The summed E-state index contributed by atoms with van der Waals surface area (Å²) in [4.78, 5) is 123. The summed E-state index contributed by atoms with van der Waals surface area (Å²) >= 11 is 0. The van der Waals surface area contributed by atoms with Gasteiger partial charge in [-0.3, -0.25) is 33.6 Å². The molecule has 0 unspecified atom stereocenters. The van der Waals surface area contributed by atoms with E-state index in [1.54, 1.807) is 151 Å². The molecule has 11 N–H and O–H groups in total. The molecule has 4 heterocycles. The number of hydrogen-bond acceptors (Lipinski definition) is 23. The number of nitrogens with one attached hydrogen (secondary N) is 7. The lowest BCUT2D eigenvalue weighted by Gasteiger charge is -2.41. The number of hydrogen-bond donors (Lipinski definition) is 9. The second kappa shape index (κ2) is 44.1. The molecule has 0 radical (unpaired) electrons. The maximum Gasteiger partial charge on any atom is 0.408 e. The van der Waals surface area contributed by atoms with Gasteiger partial charge in [-0.2, -0.15) is 38.2 Å². The number of rotatable bonds is 26. The summed E-state index contributed by atoms with van der Waals surface area (Å²) in [6, 6.07) is 38.7. The van der Waals surface area contributed by atoms with Crippen LogP contribution in [0.25, 0.3) is 0 Å². The van der Waals surface area contributed by atoms with Crippen LogP contribution >= 0.6 is 12.4 Å². The Bertz CT molecular complexity index is 5050. The first kappa shape index (κ1) is 99.8. The molecule has 9 amide bonds. The Morgan fingerprint density at radius 1 is 0.434 bits per heavy atom. The van der Waals surface area contributed by atoms with E-state index in [9.17, 15) is 86.4 Å². The van der Waals surface area contributed by atoms with Crippen LogP contribution in [0.3, 0.4) is 0 Å². The third-order valence-corrected chi connectivity index (χ3v) is 23.8. The molecular formula is C80H103ClF3N13O22S3. The number of amides is 9. The third kappa shape index (κ3) is 29.1. The van der Waals surface area contributed by atoms with E-state index in [1.165, 1.54) is 62.0 Å². The highest BCUT2D eigenvalue weighted by Gasteiger charge is 2.44. The van der Waals surface area contributed by atoms with Crippen LogP contribution in [0.4, 0.5) is 22.8 Å². The van der Waals surface area contributed by atoms with Crippen LogP contribution < -0.4 is 61.1 Å². The summed E-state index contributed by atoms with van der Waals surface area (Å²) < 4.78 is 149. The average molecular weight is 1790 g/mol. The van der Waals surface area contributed by atoms with Gasteiger partial charge < -0.3 is 60.8 Å². The van der Waals surface area contributed by atoms with Gasteiger partial charge in [-0.05, 0) is 170 Å². The van der Waals surface area contributed by atoms with E-state index in [-0.39, 0.29) is 121 Å². The van der Waals surface area contributed by atoms with Crippen molar-refractivity contribution in [2.75, 3.05) is 99.9 Å². The van der Waals surface area contributed by atoms with Crippen molar-refractivity contribution in [2.24, 2.45) is 10.9 Å². The zero-order valence-electron chi connectivity index (χ0n) is 68.7. The van der Waals surface area contributed by atoms with Crippen molar-refractivity contribution < 1.29 is 115 Å². The Labute approximate surface area is 712 Å².